The fraction of sp³-hybridized carbons (Fsp3) is 0.200. The molecule has 1 aromatic heterocycles. The van der Waals surface area contributed by atoms with Gasteiger partial charge in [0.1, 0.15) is 5.69 Å². The molecule has 2 aromatic carbocycles. The third kappa shape index (κ3) is 4.14. The van der Waals surface area contributed by atoms with Crippen LogP contribution in [0, 0.1) is 0 Å². The largest absolute Gasteiger partial charge is 0.347 e. The smallest absolute Gasteiger partial charge is 0.270 e. The van der Waals surface area contributed by atoms with Crippen molar-refractivity contribution in [2.45, 2.75) is 13.1 Å². The van der Waals surface area contributed by atoms with Gasteiger partial charge in [-0.3, -0.25) is 9.36 Å². The summed E-state index contributed by atoms with van der Waals surface area (Å²) in [5.74, 6) is -0.138. The summed E-state index contributed by atoms with van der Waals surface area (Å²) in [5, 5.41) is 3.01. The minimum atomic E-state index is -0.138. The van der Waals surface area contributed by atoms with Crippen molar-refractivity contribution in [2.75, 3.05) is 14.1 Å². The Kier molecular flexibility index (Phi) is 5.26. The molecule has 0 saturated heterocycles. The number of carbonyl (C=O) groups excluding carboxylic acids is 1. The predicted molar refractivity (Wildman–Crippen MR) is 98.6 cm³/mol. The summed E-state index contributed by atoms with van der Waals surface area (Å²) >= 11 is 0. The van der Waals surface area contributed by atoms with Crippen LogP contribution < -0.4 is 5.32 Å². The van der Waals surface area contributed by atoms with Gasteiger partial charge in [0.15, 0.2) is 0 Å². The molecule has 0 aliphatic rings. The van der Waals surface area contributed by atoms with Gasteiger partial charge in [-0.25, -0.2) is 4.98 Å². The van der Waals surface area contributed by atoms with E-state index in [2.05, 4.69) is 21.3 Å². The van der Waals surface area contributed by atoms with E-state index in [0.717, 1.165) is 17.8 Å². The number of nitrogens with one attached hydrogen (secondary N) is 1. The second-order valence-corrected chi connectivity index (χ2v) is 6.17. The van der Waals surface area contributed by atoms with Gasteiger partial charge in [-0.1, -0.05) is 42.5 Å². The van der Waals surface area contributed by atoms with Gasteiger partial charge >= 0.3 is 0 Å². The van der Waals surface area contributed by atoms with Crippen LogP contribution in [0.5, 0.6) is 0 Å². The molecule has 1 N–H and O–H groups in total. The molecular formula is C20H22N4O. The lowest BCUT2D eigenvalue weighted by molar-refractivity contribution is 0.0944. The van der Waals surface area contributed by atoms with Crippen molar-refractivity contribution in [3.8, 4) is 5.69 Å². The molecule has 25 heavy (non-hydrogen) atoms. The zero-order valence-electron chi connectivity index (χ0n) is 14.5. The number of carbonyl (C=O) groups is 1. The number of amides is 1. The second-order valence-electron chi connectivity index (χ2n) is 6.17. The molecular weight excluding hydrogens is 312 g/mol. The van der Waals surface area contributed by atoms with Gasteiger partial charge in [-0.15, -0.1) is 0 Å². The Morgan fingerprint density at radius 1 is 1.04 bits per heavy atom. The van der Waals surface area contributed by atoms with Gasteiger partial charge < -0.3 is 10.2 Å². The maximum atomic E-state index is 12.6. The van der Waals surface area contributed by atoms with E-state index in [1.807, 2.05) is 62.6 Å². The quantitative estimate of drug-likeness (QED) is 0.754. The molecule has 0 fully saturated rings. The Balaban J connectivity index is 1.74. The topological polar surface area (TPSA) is 50.2 Å². The molecule has 1 amide bonds. The third-order valence-corrected chi connectivity index (χ3v) is 3.95. The van der Waals surface area contributed by atoms with Crippen molar-refractivity contribution in [3.05, 3.63) is 83.9 Å². The molecule has 0 atom stereocenters. The average Bonchev–Trinajstić information content (AvgIpc) is 3.11. The van der Waals surface area contributed by atoms with Crippen LogP contribution >= 0.6 is 0 Å². The molecule has 3 aromatic rings. The lowest BCUT2D eigenvalue weighted by atomic mass is 10.1. The summed E-state index contributed by atoms with van der Waals surface area (Å²) in [6.07, 6.45) is 3.25. The van der Waals surface area contributed by atoms with E-state index in [0.29, 0.717) is 12.2 Å². The van der Waals surface area contributed by atoms with E-state index < -0.39 is 0 Å². The van der Waals surface area contributed by atoms with Gasteiger partial charge in [-0.05, 0) is 37.4 Å². The minimum Gasteiger partial charge on any atom is -0.347 e. The molecule has 3 rings (SSSR count). The zero-order valence-corrected chi connectivity index (χ0v) is 14.5. The van der Waals surface area contributed by atoms with Crippen LogP contribution in [-0.2, 0) is 13.1 Å². The Labute approximate surface area is 147 Å². The van der Waals surface area contributed by atoms with Crippen molar-refractivity contribution >= 4 is 5.91 Å². The highest BCUT2D eigenvalue weighted by atomic mass is 16.1. The normalized spacial score (nSPS) is 10.8. The number of nitrogens with zero attached hydrogens (tertiary/aromatic N) is 3. The monoisotopic (exact) mass is 334 g/mol. The SMILES string of the molecule is CN(C)Cc1ccccc1CNC(=O)c1cncn1-c1ccccc1. The van der Waals surface area contributed by atoms with Crippen LogP contribution in [0.2, 0.25) is 0 Å². The first-order valence-corrected chi connectivity index (χ1v) is 8.22. The summed E-state index contributed by atoms with van der Waals surface area (Å²) < 4.78 is 1.79. The van der Waals surface area contributed by atoms with E-state index in [-0.39, 0.29) is 5.91 Å². The van der Waals surface area contributed by atoms with Gasteiger partial charge in [0.25, 0.3) is 5.91 Å². The van der Waals surface area contributed by atoms with Crippen molar-refractivity contribution in [1.82, 2.24) is 19.8 Å². The first-order valence-electron chi connectivity index (χ1n) is 8.22. The van der Waals surface area contributed by atoms with Gasteiger partial charge in [0.05, 0.1) is 12.5 Å². The predicted octanol–water partition coefficient (Wildman–Crippen LogP) is 2.86. The Morgan fingerprint density at radius 3 is 2.44 bits per heavy atom. The molecule has 0 spiro atoms. The number of aromatic nitrogens is 2. The fourth-order valence-electron chi connectivity index (χ4n) is 2.75. The fourth-order valence-corrected chi connectivity index (χ4v) is 2.75. The Hall–Kier alpha value is -2.92. The summed E-state index contributed by atoms with van der Waals surface area (Å²) in [5.41, 5.74) is 3.77. The third-order valence-electron chi connectivity index (χ3n) is 3.95. The van der Waals surface area contributed by atoms with Crippen molar-refractivity contribution in [1.29, 1.82) is 0 Å². The Morgan fingerprint density at radius 2 is 1.72 bits per heavy atom. The molecule has 0 saturated carbocycles. The van der Waals surface area contributed by atoms with Crippen LogP contribution in [-0.4, -0.2) is 34.5 Å². The highest BCUT2D eigenvalue weighted by Gasteiger charge is 2.13. The highest BCUT2D eigenvalue weighted by Crippen LogP contribution is 2.13. The summed E-state index contributed by atoms with van der Waals surface area (Å²) in [6, 6.07) is 17.9. The van der Waals surface area contributed by atoms with Crippen LogP contribution in [0.25, 0.3) is 5.69 Å². The number of hydrogen-bond acceptors (Lipinski definition) is 3. The number of imidazole rings is 1. The van der Waals surface area contributed by atoms with Crippen LogP contribution in [0.3, 0.4) is 0 Å². The van der Waals surface area contributed by atoms with Crippen LogP contribution in [0.15, 0.2) is 67.1 Å². The standard InChI is InChI=1S/C20H22N4O/c1-23(2)14-17-9-7-6-8-16(17)12-22-20(25)19-13-21-15-24(19)18-10-4-3-5-11-18/h3-11,13,15H,12,14H2,1-2H3,(H,22,25). The number of hydrogen-bond donors (Lipinski definition) is 1. The van der Waals surface area contributed by atoms with E-state index >= 15 is 0 Å². The summed E-state index contributed by atoms with van der Waals surface area (Å²) in [7, 11) is 4.07. The average molecular weight is 334 g/mol. The lowest BCUT2D eigenvalue weighted by Crippen LogP contribution is -2.26. The first kappa shape index (κ1) is 16.9. The van der Waals surface area contributed by atoms with E-state index in [1.165, 1.54) is 5.56 Å². The van der Waals surface area contributed by atoms with E-state index in [1.54, 1.807) is 17.1 Å². The lowest BCUT2D eigenvalue weighted by Gasteiger charge is -2.15. The van der Waals surface area contributed by atoms with E-state index in [9.17, 15) is 4.79 Å². The molecule has 0 bridgehead atoms. The molecule has 1 heterocycles. The van der Waals surface area contributed by atoms with Crippen molar-refractivity contribution in [3.63, 3.8) is 0 Å². The zero-order chi connectivity index (χ0) is 17.6. The van der Waals surface area contributed by atoms with Crippen molar-refractivity contribution < 1.29 is 4.79 Å². The minimum absolute atomic E-state index is 0.138. The number of benzene rings is 2. The number of rotatable bonds is 6. The molecule has 0 aliphatic heterocycles. The highest BCUT2D eigenvalue weighted by molar-refractivity contribution is 5.93. The van der Waals surface area contributed by atoms with Crippen LogP contribution in [0.4, 0.5) is 0 Å². The molecule has 0 radical (unpaired) electrons. The van der Waals surface area contributed by atoms with Crippen molar-refractivity contribution in [2.24, 2.45) is 0 Å². The van der Waals surface area contributed by atoms with Gasteiger partial charge in [0.2, 0.25) is 0 Å². The molecule has 0 unspecified atom stereocenters. The maximum Gasteiger partial charge on any atom is 0.270 e. The molecule has 5 nitrogen and oxygen atoms in total. The second kappa shape index (κ2) is 7.77. The molecule has 0 aliphatic carbocycles. The van der Waals surface area contributed by atoms with Gasteiger partial charge in [0, 0.05) is 18.8 Å². The number of para-hydroxylation sites is 1. The first-order chi connectivity index (χ1) is 12.1. The Bertz CT molecular complexity index is 840. The summed E-state index contributed by atoms with van der Waals surface area (Å²) in [6.45, 7) is 1.33. The maximum absolute atomic E-state index is 12.6. The molecule has 5 heteroatoms. The summed E-state index contributed by atoms with van der Waals surface area (Å²) in [4.78, 5) is 18.9. The molecule has 128 valence electrons. The van der Waals surface area contributed by atoms with Crippen LogP contribution in [0.1, 0.15) is 21.6 Å². The van der Waals surface area contributed by atoms with E-state index in [4.69, 9.17) is 0 Å². The van der Waals surface area contributed by atoms with Gasteiger partial charge in [-0.2, -0.15) is 0 Å².